The number of phenols is 2. The van der Waals surface area contributed by atoms with E-state index in [1.807, 2.05) is 6.07 Å². The number of carboxylic acids is 1. The largest absolute Gasteiger partial charge is 0.504 e. The van der Waals surface area contributed by atoms with Crippen molar-refractivity contribution in [2.75, 3.05) is 18.9 Å². The Morgan fingerprint density at radius 1 is 1.00 bits per heavy atom. The summed E-state index contributed by atoms with van der Waals surface area (Å²) in [6.07, 6.45) is 1.94. The summed E-state index contributed by atoms with van der Waals surface area (Å²) in [6, 6.07) is 16.2. The van der Waals surface area contributed by atoms with Gasteiger partial charge in [0.2, 0.25) is 5.91 Å². The Balaban J connectivity index is 0.000000174. The number of aromatic carboxylic acids is 1. The first-order chi connectivity index (χ1) is 15.8. The molecule has 1 heterocycles. The van der Waals surface area contributed by atoms with E-state index in [-0.39, 0.29) is 23.0 Å². The molecule has 3 aromatic carbocycles. The van der Waals surface area contributed by atoms with Crippen molar-refractivity contribution in [1.82, 2.24) is 4.90 Å². The minimum absolute atomic E-state index is 0.0163. The van der Waals surface area contributed by atoms with Crippen LogP contribution in [0.15, 0.2) is 54.6 Å². The number of fused-ring (bicyclic) bond motifs is 2. The second-order valence-corrected chi connectivity index (χ2v) is 8.36. The fraction of sp³-hybridized carbons (Fsp3) is 0.231. The Labute approximate surface area is 191 Å². The molecule has 0 unspecified atom stereocenters. The van der Waals surface area contributed by atoms with Crippen LogP contribution in [0.2, 0.25) is 0 Å². The van der Waals surface area contributed by atoms with E-state index in [0.29, 0.717) is 11.7 Å². The third-order valence-corrected chi connectivity index (χ3v) is 6.17. The topological polar surface area (TPSA) is 110 Å². The first kappa shape index (κ1) is 22.4. The van der Waals surface area contributed by atoms with Crippen LogP contribution in [0.25, 0.3) is 11.1 Å². The molecular formula is C26H26N2O5. The lowest BCUT2D eigenvalue weighted by Crippen LogP contribution is -2.35. The van der Waals surface area contributed by atoms with Crippen LogP contribution in [0.1, 0.15) is 40.0 Å². The van der Waals surface area contributed by atoms with Crippen LogP contribution >= 0.6 is 0 Å². The molecule has 2 aliphatic rings. The highest BCUT2D eigenvalue weighted by molar-refractivity contribution is 5.91. The van der Waals surface area contributed by atoms with Gasteiger partial charge in [0.25, 0.3) is 0 Å². The number of carboxylic acid groups (broad SMARTS) is 1. The molecule has 3 aromatic rings. The number of phenolic OH excluding ortho intramolecular Hbond substituents is 2. The zero-order valence-corrected chi connectivity index (χ0v) is 18.5. The second-order valence-electron chi connectivity index (χ2n) is 8.36. The molecule has 5 rings (SSSR count). The monoisotopic (exact) mass is 446 g/mol. The Bertz CT molecular complexity index is 1220. The Hall–Kier alpha value is -3.84. The molecular weight excluding hydrogens is 420 g/mol. The molecule has 0 saturated carbocycles. The predicted molar refractivity (Wildman–Crippen MR) is 126 cm³/mol. The van der Waals surface area contributed by atoms with Crippen molar-refractivity contribution in [2.45, 2.75) is 25.8 Å². The number of anilines is 1. The molecule has 1 aliphatic carbocycles. The van der Waals surface area contributed by atoms with Crippen LogP contribution in [-0.4, -0.2) is 45.7 Å². The maximum Gasteiger partial charge on any atom is 0.335 e. The molecule has 170 valence electrons. The maximum atomic E-state index is 10.6. The molecule has 0 spiro atoms. The number of nitrogens with zero attached hydrogens (tertiary/aromatic N) is 1. The van der Waals surface area contributed by atoms with Gasteiger partial charge in [0.05, 0.1) is 5.56 Å². The zero-order valence-electron chi connectivity index (χ0n) is 18.5. The second kappa shape index (κ2) is 8.96. The van der Waals surface area contributed by atoms with Gasteiger partial charge in [-0.25, -0.2) is 4.79 Å². The Morgan fingerprint density at radius 3 is 2.39 bits per heavy atom. The van der Waals surface area contributed by atoms with Crippen LogP contribution in [0.4, 0.5) is 5.69 Å². The summed E-state index contributed by atoms with van der Waals surface area (Å²) >= 11 is 0. The molecule has 33 heavy (non-hydrogen) atoms. The van der Waals surface area contributed by atoms with Crippen LogP contribution in [-0.2, 0) is 17.6 Å². The molecule has 0 aromatic heterocycles. The summed E-state index contributed by atoms with van der Waals surface area (Å²) in [4.78, 5) is 23.4. The van der Waals surface area contributed by atoms with Crippen LogP contribution < -0.4 is 5.32 Å². The highest BCUT2D eigenvalue weighted by Crippen LogP contribution is 2.49. The summed E-state index contributed by atoms with van der Waals surface area (Å²) in [5, 5.41) is 31.2. The van der Waals surface area contributed by atoms with Gasteiger partial charge >= 0.3 is 5.97 Å². The lowest BCUT2D eigenvalue weighted by molar-refractivity contribution is -0.114. The van der Waals surface area contributed by atoms with Crippen molar-refractivity contribution in [2.24, 2.45) is 0 Å². The molecule has 1 atom stereocenters. The van der Waals surface area contributed by atoms with E-state index in [1.165, 1.54) is 30.2 Å². The number of likely N-dealkylation sites (N-methyl/N-ethyl adjacent to an activating group) is 1. The lowest BCUT2D eigenvalue weighted by atomic mass is 9.77. The summed E-state index contributed by atoms with van der Waals surface area (Å²) in [5.41, 5.74) is 6.51. The highest BCUT2D eigenvalue weighted by atomic mass is 16.4. The highest BCUT2D eigenvalue weighted by Gasteiger charge is 2.34. The quantitative estimate of drug-likeness (QED) is 0.440. The third-order valence-electron chi connectivity index (χ3n) is 6.17. The van der Waals surface area contributed by atoms with Crippen LogP contribution in [0.5, 0.6) is 11.5 Å². The van der Waals surface area contributed by atoms with Gasteiger partial charge in [0.1, 0.15) is 0 Å². The van der Waals surface area contributed by atoms with E-state index in [9.17, 15) is 19.8 Å². The first-order valence-corrected chi connectivity index (χ1v) is 10.7. The van der Waals surface area contributed by atoms with E-state index in [0.717, 1.165) is 36.1 Å². The Kier molecular flexibility index (Phi) is 6.07. The van der Waals surface area contributed by atoms with E-state index in [1.54, 1.807) is 18.2 Å². The minimum Gasteiger partial charge on any atom is -0.504 e. The molecule has 1 aliphatic heterocycles. The number of rotatable bonds is 2. The van der Waals surface area contributed by atoms with Crippen molar-refractivity contribution < 1.29 is 24.9 Å². The van der Waals surface area contributed by atoms with Crippen LogP contribution in [0, 0.1) is 0 Å². The van der Waals surface area contributed by atoms with Gasteiger partial charge in [-0.2, -0.15) is 0 Å². The number of aromatic hydroxyl groups is 2. The van der Waals surface area contributed by atoms with E-state index in [2.05, 4.69) is 35.5 Å². The molecule has 4 N–H and O–H groups in total. The normalized spacial score (nSPS) is 16.0. The number of carbonyl (C=O) groups is 2. The SMILES string of the molecule is CC(=O)Nc1ccc(C(=O)O)cc1.CN1CCc2cccc3c2[C@H]1Cc1ccc(O)c(O)c1-3. The van der Waals surface area contributed by atoms with Crippen molar-refractivity contribution in [3.05, 3.63) is 76.9 Å². The molecule has 0 radical (unpaired) electrons. The fourth-order valence-electron chi connectivity index (χ4n) is 4.57. The molecule has 0 saturated heterocycles. The summed E-state index contributed by atoms with van der Waals surface area (Å²) < 4.78 is 0. The van der Waals surface area contributed by atoms with Crippen molar-refractivity contribution in [3.8, 4) is 22.6 Å². The number of nitrogens with one attached hydrogen (secondary N) is 1. The van der Waals surface area contributed by atoms with Crippen molar-refractivity contribution in [1.29, 1.82) is 0 Å². The fourth-order valence-corrected chi connectivity index (χ4v) is 4.57. The van der Waals surface area contributed by atoms with E-state index >= 15 is 0 Å². The lowest BCUT2D eigenvalue weighted by Gasteiger charge is -2.39. The number of benzene rings is 3. The standard InChI is InChI=1S/C17H17NO2.C9H9NO3/c1-18-8-7-10-3-2-4-12-15(10)13(18)9-11-5-6-14(19)17(20)16(11)12;1-6(11)10-8-4-2-7(3-5-8)9(12)13/h2-6,13,19-20H,7-9H2,1H3;2-5H,1H3,(H,10,11)(H,12,13)/t13-;/m1./s1. The number of hydrogen-bond donors (Lipinski definition) is 4. The minimum atomic E-state index is -0.977. The summed E-state index contributed by atoms with van der Waals surface area (Å²) in [7, 11) is 2.16. The van der Waals surface area contributed by atoms with Gasteiger partial charge in [-0.15, -0.1) is 0 Å². The van der Waals surface area contributed by atoms with Gasteiger partial charge < -0.3 is 20.6 Å². The summed E-state index contributed by atoms with van der Waals surface area (Å²) in [6.45, 7) is 2.46. The zero-order chi connectivity index (χ0) is 23.7. The number of carbonyl (C=O) groups excluding carboxylic acids is 1. The molecule has 0 bridgehead atoms. The van der Waals surface area contributed by atoms with Gasteiger partial charge in [-0.05, 0) is 72.5 Å². The average molecular weight is 447 g/mol. The Morgan fingerprint density at radius 2 is 1.73 bits per heavy atom. The van der Waals surface area contributed by atoms with Gasteiger partial charge in [-0.3, -0.25) is 9.69 Å². The van der Waals surface area contributed by atoms with Crippen LogP contribution in [0.3, 0.4) is 0 Å². The predicted octanol–water partition coefficient (Wildman–Crippen LogP) is 4.19. The van der Waals surface area contributed by atoms with E-state index in [4.69, 9.17) is 5.11 Å². The smallest absolute Gasteiger partial charge is 0.335 e. The number of hydrogen-bond acceptors (Lipinski definition) is 5. The third kappa shape index (κ3) is 4.40. The maximum absolute atomic E-state index is 10.6. The average Bonchev–Trinajstić information content (AvgIpc) is 2.79. The number of amides is 1. The van der Waals surface area contributed by atoms with Gasteiger partial charge in [0.15, 0.2) is 11.5 Å². The van der Waals surface area contributed by atoms with Crippen molar-refractivity contribution >= 4 is 17.6 Å². The van der Waals surface area contributed by atoms with Gasteiger partial charge in [-0.1, -0.05) is 24.3 Å². The van der Waals surface area contributed by atoms with E-state index < -0.39 is 5.97 Å². The first-order valence-electron chi connectivity index (χ1n) is 10.7. The molecule has 0 fully saturated rings. The van der Waals surface area contributed by atoms with Gasteiger partial charge in [0, 0.05) is 30.8 Å². The molecule has 1 amide bonds. The molecule has 7 nitrogen and oxygen atoms in total. The van der Waals surface area contributed by atoms with Crippen molar-refractivity contribution in [3.63, 3.8) is 0 Å². The molecule has 7 heteroatoms. The summed E-state index contributed by atoms with van der Waals surface area (Å²) in [5.74, 6) is -1.18.